The van der Waals surface area contributed by atoms with Crippen LogP contribution in [0.5, 0.6) is 0 Å². The van der Waals surface area contributed by atoms with E-state index in [1.54, 1.807) is 17.8 Å². The highest BCUT2D eigenvalue weighted by atomic mass is 79.9. The van der Waals surface area contributed by atoms with E-state index in [4.69, 9.17) is 11.6 Å². The van der Waals surface area contributed by atoms with E-state index in [0.717, 1.165) is 5.69 Å². The smallest absolute Gasteiger partial charge is 0.132 e. The van der Waals surface area contributed by atoms with Gasteiger partial charge in [-0.1, -0.05) is 41.4 Å². The Morgan fingerprint density at radius 3 is 2.62 bits per heavy atom. The van der Waals surface area contributed by atoms with E-state index in [1.165, 1.54) is 12.1 Å². The lowest BCUT2D eigenvalue weighted by atomic mass is 9.97. The Bertz CT molecular complexity index is 637. The first-order chi connectivity index (χ1) is 9.79. The van der Waals surface area contributed by atoms with Crippen LogP contribution in [-0.2, 0) is 13.5 Å². The Labute approximate surface area is 136 Å². The fourth-order valence-electron chi connectivity index (χ4n) is 2.33. The van der Waals surface area contributed by atoms with Crippen LogP contribution in [0.3, 0.4) is 0 Å². The third-order valence-corrected chi connectivity index (χ3v) is 4.18. The Morgan fingerprint density at radius 2 is 2.05 bits per heavy atom. The van der Waals surface area contributed by atoms with Gasteiger partial charge in [0, 0.05) is 23.5 Å². The summed E-state index contributed by atoms with van der Waals surface area (Å²) in [6, 6.07) is 4.57. The second kappa shape index (κ2) is 6.46. The first kappa shape index (κ1) is 16.5. The van der Waals surface area contributed by atoms with Crippen LogP contribution in [0.15, 0.2) is 22.7 Å². The summed E-state index contributed by atoms with van der Waals surface area (Å²) in [7, 11) is 1.74. The summed E-state index contributed by atoms with van der Waals surface area (Å²) in [6.07, 6.45) is -0.543. The Kier molecular flexibility index (Phi) is 5.07. The molecule has 0 aliphatic carbocycles. The monoisotopic (exact) mass is 374 g/mol. The minimum absolute atomic E-state index is 0.146. The molecule has 2 rings (SSSR count). The van der Waals surface area contributed by atoms with E-state index in [-0.39, 0.29) is 18.2 Å². The van der Waals surface area contributed by atoms with Crippen LogP contribution in [0.1, 0.15) is 42.7 Å². The van der Waals surface area contributed by atoms with Gasteiger partial charge in [0.1, 0.15) is 11.0 Å². The average Bonchev–Trinajstić information content (AvgIpc) is 2.64. The maximum absolute atomic E-state index is 13.4. The summed E-state index contributed by atoms with van der Waals surface area (Å²) in [5.74, 6) is -0.194. The van der Waals surface area contributed by atoms with Crippen LogP contribution in [0.4, 0.5) is 4.39 Å². The molecule has 114 valence electrons. The number of benzene rings is 1. The van der Waals surface area contributed by atoms with Gasteiger partial charge in [0.2, 0.25) is 0 Å². The van der Waals surface area contributed by atoms with Crippen molar-refractivity contribution in [2.75, 3.05) is 0 Å². The van der Waals surface area contributed by atoms with E-state index in [9.17, 15) is 9.50 Å². The molecule has 0 spiro atoms. The van der Waals surface area contributed by atoms with Gasteiger partial charge in [-0.3, -0.25) is 4.68 Å². The van der Waals surface area contributed by atoms with Crippen molar-refractivity contribution in [1.82, 2.24) is 9.78 Å². The zero-order valence-corrected chi connectivity index (χ0v) is 14.4. The molecule has 21 heavy (non-hydrogen) atoms. The van der Waals surface area contributed by atoms with Crippen molar-refractivity contribution < 1.29 is 9.50 Å². The minimum Gasteiger partial charge on any atom is -0.388 e. The molecule has 1 heterocycles. The molecule has 1 N–H and O–H groups in total. The summed E-state index contributed by atoms with van der Waals surface area (Å²) in [6.45, 7) is 3.99. The largest absolute Gasteiger partial charge is 0.388 e. The molecule has 3 nitrogen and oxygen atoms in total. The van der Waals surface area contributed by atoms with E-state index < -0.39 is 6.10 Å². The van der Waals surface area contributed by atoms with E-state index in [1.807, 2.05) is 13.8 Å². The van der Waals surface area contributed by atoms with Gasteiger partial charge in [0.05, 0.1) is 11.8 Å². The molecule has 0 aliphatic heterocycles. The van der Waals surface area contributed by atoms with Crippen LogP contribution in [-0.4, -0.2) is 14.9 Å². The number of aromatic nitrogens is 2. The first-order valence-electron chi connectivity index (χ1n) is 6.65. The van der Waals surface area contributed by atoms with Crippen molar-refractivity contribution in [2.45, 2.75) is 32.3 Å². The van der Waals surface area contributed by atoms with Gasteiger partial charge < -0.3 is 5.11 Å². The molecule has 0 amide bonds. The van der Waals surface area contributed by atoms with E-state index in [2.05, 4.69) is 21.0 Å². The maximum atomic E-state index is 13.4. The maximum Gasteiger partial charge on any atom is 0.132 e. The molecule has 1 aromatic carbocycles. The van der Waals surface area contributed by atoms with E-state index >= 15 is 0 Å². The topological polar surface area (TPSA) is 38.0 Å². The fraction of sp³-hybridized carbons (Fsp3) is 0.400. The second-order valence-corrected chi connectivity index (χ2v) is 6.64. The zero-order chi connectivity index (χ0) is 15.7. The van der Waals surface area contributed by atoms with Crippen LogP contribution < -0.4 is 0 Å². The molecule has 1 atom stereocenters. The van der Waals surface area contributed by atoms with Gasteiger partial charge >= 0.3 is 0 Å². The van der Waals surface area contributed by atoms with Gasteiger partial charge in [0.25, 0.3) is 0 Å². The van der Waals surface area contributed by atoms with Gasteiger partial charge in [-0.05, 0) is 29.7 Å². The van der Waals surface area contributed by atoms with Crippen molar-refractivity contribution in [3.63, 3.8) is 0 Å². The Hall–Kier alpha value is -0.910. The Morgan fingerprint density at radius 1 is 1.38 bits per heavy atom. The summed E-state index contributed by atoms with van der Waals surface area (Å²) in [4.78, 5) is 0. The third kappa shape index (κ3) is 3.65. The van der Waals surface area contributed by atoms with Crippen LogP contribution in [0.25, 0.3) is 0 Å². The van der Waals surface area contributed by atoms with Gasteiger partial charge in [0.15, 0.2) is 0 Å². The molecule has 0 saturated carbocycles. The molecular formula is C15H17BrClFN2O. The predicted molar refractivity (Wildman–Crippen MR) is 85.1 cm³/mol. The molecular weight excluding hydrogens is 359 g/mol. The summed E-state index contributed by atoms with van der Waals surface area (Å²) in [5, 5.41) is 15.3. The quantitative estimate of drug-likeness (QED) is 0.861. The van der Waals surface area contributed by atoms with Gasteiger partial charge in [-0.25, -0.2) is 4.39 Å². The summed E-state index contributed by atoms with van der Waals surface area (Å²) < 4.78 is 15.6. The summed E-state index contributed by atoms with van der Waals surface area (Å²) >= 11 is 9.49. The lowest BCUT2D eigenvalue weighted by Crippen LogP contribution is -2.06. The Balaban J connectivity index is 2.34. The molecule has 0 bridgehead atoms. The standard InChI is InChI=1S/C15H17BrClFN2O/c1-8(2)14-13(15(17)20(3)19-14)12(21)6-9-4-10(16)7-11(18)5-9/h4-5,7-8,12,21H,6H2,1-3H3. The highest BCUT2D eigenvalue weighted by Crippen LogP contribution is 2.33. The number of aryl methyl sites for hydroxylation is 1. The first-order valence-corrected chi connectivity index (χ1v) is 7.82. The van der Waals surface area contributed by atoms with Gasteiger partial charge in [-0.2, -0.15) is 5.10 Å². The SMILES string of the molecule is CC(C)c1nn(C)c(Cl)c1C(O)Cc1cc(F)cc(Br)c1. The second-order valence-electron chi connectivity index (χ2n) is 5.37. The lowest BCUT2D eigenvalue weighted by Gasteiger charge is -2.13. The van der Waals surface area contributed by atoms with Crippen molar-refractivity contribution in [3.05, 3.63) is 50.5 Å². The van der Waals surface area contributed by atoms with Crippen molar-refractivity contribution in [2.24, 2.45) is 7.05 Å². The van der Waals surface area contributed by atoms with Crippen molar-refractivity contribution in [3.8, 4) is 0 Å². The number of hydrogen-bond acceptors (Lipinski definition) is 2. The number of nitrogens with zero attached hydrogens (tertiary/aromatic N) is 2. The predicted octanol–water partition coefficient (Wildman–Crippen LogP) is 4.37. The lowest BCUT2D eigenvalue weighted by molar-refractivity contribution is 0.177. The van der Waals surface area contributed by atoms with Gasteiger partial charge in [-0.15, -0.1) is 0 Å². The molecule has 0 saturated heterocycles. The normalized spacial score (nSPS) is 13.0. The highest BCUT2D eigenvalue weighted by Gasteiger charge is 2.23. The number of halogens is 3. The molecule has 6 heteroatoms. The molecule has 1 unspecified atom stereocenters. The molecule has 0 fully saturated rings. The van der Waals surface area contributed by atoms with E-state index in [0.29, 0.717) is 20.8 Å². The molecule has 2 aromatic rings. The van der Waals surface area contributed by atoms with Crippen LogP contribution in [0.2, 0.25) is 5.15 Å². The third-order valence-electron chi connectivity index (χ3n) is 3.27. The molecule has 0 radical (unpaired) electrons. The molecule has 0 aliphatic rings. The number of aliphatic hydroxyl groups is 1. The summed E-state index contributed by atoms with van der Waals surface area (Å²) in [5.41, 5.74) is 2.09. The number of hydrogen-bond donors (Lipinski definition) is 1. The number of rotatable bonds is 4. The fourth-order valence-corrected chi connectivity index (χ4v) is 3.10. The number of aliphatic hydroxyl groups excluding tert-OH is 1. The molecule has 1 aromatic heterocycles. The minimum atomic E-state index is -0.822. The van der Waals surface area contributed by atoms with Crippen LogP contribution in [0, 0.1) is 5.82 Å². The van der Waals surface area contributed by atoms with Crippen molar-refractivity contribution in [1.29, 1.82) is 0 Å². The zero-order valence-electron chi connectivity index (χ0n) is 12.1. The van der Waals surface area contributed by atoms with Crippen molar-refractivity contribution >= 4 is 27.5 Å². The highest BCUT2D eigenvalue weighted by molar-refractivity contribution is 9.10. The van der Waals surface area contributed by atoms with Crippen LogP contribution >= 0.6 is 27.5 Å². The average molecular weight is 376 g/mol.